The quantitative estimate of drug-likeness (QED) is 0.418. The maximum atomic E-state index is 12.5. The highest BCUT2D eigenvalue weighted by Crippen LogP contribution is 2.34. The van der Waals surface area contributed by atoms with Crippen LogP contribution in [0.25, 0.3) is 15.7 Å². The zero-order chi connectivity index (χ0) is 28.3. The number of benzene rings is 1. The minimum Gasteiger partial charge on any atom is -0.462 e. The van der Waals surface area contributed by atoms with Gasteiger partial charge in [-0.05, 0) is 51.1 Å². The first-order chi connectivity index (χ1) is 20.1. The minimum absolute atomic E-state index is 0.00775. The summed E-state index contributed by atoms with van der Waals surface area (Å²) in [4.78, 5) is 39.7. The van der Waals surface area contributed by atoms with Crippen molar-refractivity contribution < 1.29 is 9.53 Å². The van der Waals surface area contributed by atoms with Crippen molar-refractivity contribution in [3.63, 3.8) is 0 Å². The van der Waals surface area contributed by atoms with Crippen molar-refractivity contribution in [3.05, 3.63) is 60.6 Å². The summed E-state index contributed by atoms with van der Waals surface area (Å²) >= 11 is 0. The van der Waals surface area contributed by atoms with Crippen molar-refractivity contribution in [3.8, 4) is 0 Å². The van der Waals surface area contributed by atoms with Gasteiger partial charge in [0.25, 0.3) is 0 Å². The van der Waals surface area contributed by atoms with Crippen molar-refractivity contribution in [2.24, 2.45) is 15.9 Å². The van der Waals surface area contributed by atoms with Crippen molar-refractivity contribution >= 4 is 34.4 Å². The SMILES string of the molecule is [C-]#[N+]CC1CN(C2=NC(OC[C@@H]3CCCN3C)=NC3CN(c4ccnc5ccccc45)CCC23)CCN1C(=O)C=C. The standard InChI is InChI=1S/C31H38N8O2/c1-4-29(40)39-17-16-38(19-23(39)18-32-2)30-25-12-15-37(28-11-13-33-26-10-6-5-9-24(26)28)20-27(25)34-31(35-30)41-21-22-8-7-14-36(22)3/h4-6,9-11,13,22-23,25,27H,1,7-8,12,14-21H2,3H3/t22-,23?,25?,27?/m0/s1. The van der Waals surface area contributed by atoms with Crippen LogP contribution in [0.15, 0.2) is 59.2 Å². The molecule has 3 fully saturated rings. The summed E-state index contributed by atoms with van der Waals surface area (Å²) in [7, 11) is 2.15. The maximum Gasteiger partial charge on any atom is 0.313 e. The average molecular weight is 555 g/mol. The van der Waals surface area contributed by atoms with Crippen LogP contribution in [-0.4, -0.2) is 115 Å². The maximum absolute atomic E-state index is 12.5. The monoisotopic (exact) mass is 554 g/mol. The summed E-state index contributed by atoms with van der Waals surface area (Å²) in [5, 5.41) is 1.15. The van der Waals surface area contributed by atoms with Gasteiger partial charge in [-0.3, -0.25) is 9.78 Å². The summed E-state index contributed by atoms with van der Waals surface area (Å²) in [6.45, 7) is 16.5. The number of hydrogen-bond donors (Lipinski definition) is 0. The van der Waals surface area contributed by atoms with Crippen LogP contribution in [-0.2, 0) is 9.53 Å². The van der Waals surface area contributed by atoms with Crippen LogP contribution in [0.3, 0.4) is 0 Å². The van der Waals surface area contributed by atoms with E-state index < -0.39 is 0 Å². The molecule has 2 aromatic rings. The van der Waals surface area contributed by atoms with E-state index in [-0.39, 0.29) is 30.5 Å². The predicted octanol–water partition coefficient (Wildman–Crippen LogP) is 2.93. The van der Waals surface area contributed by atoms with Crippen molar-refractivity contribution in [2.75, 3.05) is 64.4 Å². The van der Waals surface area contributed by atoms with E-state index in [1.165, 1.54) is 18.2 Å². The third-order valence-corrected chi connectivity index (χ3v) is 9.01. The molecular weight excluding hydrogens is 516 g/mol. The van der Waals surface area contributed by atoms with Gasteiger partial charge in [-0.1, -0.05) is 24.8 Å². The number of para-hydroxylation sites is 1. The number of carbonyl (C=O) groups excluding carboxylic acids is 1. The summed E-state index contributed by atoms with van der Waals surface area (Å²) in [5.74, 6) is 1.02. The molecule has 3 saturated heterocycles. The number of hydrogen-bond acceptors (Lipinski definition) is 8. The molecule has 6 rings (SSSR count). The molecule has 4 aliphatic heterocycles. The van der Waals surface area contributed by atoms with E-state index in [0.717, 1.165) is 49.2 Å². The van der Waals surface area contributed by atoms with Gasteiger partial charge in [0, 0.05) is 62.0 Å². The van der Waals surface area contributed by atoms with Crippen LogP contribution < -0.4 is 4.90 Å². The number of amidine groups is 2. The molecule has 0 aliphatic carbocycles. The fraction of sp³-hybridized carbons (Fsp3) is 0.516. The molecule has 0 radical (unpaired) electrons. The molecule has 0 spiro atoms. The Morgan fingerprint density at radius 2 is 2.00 bits per heavy atom. The Hall–Kier alpha value is -3.97. The Balaban J connectivity index is 1.27. The van der Waals surface area contributed by atoms with Crippen molar-refractivity contribution in [1.82, 2.24) is 19.7 Å². The Morgan fingerprint density at radius 3 is 2.80 bits per heavy atom. The van der Waals surface area contributed by atoms with Gasteiger partial charge in [-0.2, -0.15) is 4.99 Å². The molecule has 0 N–H and O–H groups in total. The summed E-state index contributed by atoms with van der Waals surface area (Å²) in [5.41, 5.74) is 2.17. The molecular formula is C31H38N8O2. The first-order valence-electron chi connectivity index (χ1n) is 14.6. The van der Waals surface area contributed by atoms with E-state index in [4.69, 9.17) is 21.3 Å². The minimum atomic E-state index is -0.202. The average Bonchev–Trinajstić information content (AvgIpc) is 3.43. The Kier molecular flexibility index (Phi) is 7.88. The number of likely N-dealkylation sites (tertiary alicyclic amines) is 1. The largest absolute Gasteiger partial charge is 0.462 e. The topological polar surface area (TPSA) is 81.2 Å². The smallest absolute Gasteiger partial charge is 0.313 e. The van der Waals surface area contributed by atoms with Gasteiger partial charge in [0.05, 0.1) is 11.6 Å². The Morgan fingerprint density at radius 1 is 1.12 bits per heavy atom. The first kappa shape index (κ1) is 27.2. The van der Waals surface area contributed by atoms with Gasteiger partial charge in [0.1, 0.15) is 18.5 Å². The van der Waals surface area contributed by atoms with Gasteiger partial charge < -0.3 is 29.2 Å². The van der Waals surface area contributed by atoms with Gasteiger partial charge in [-0.25, -0.2) is 11.6 Å². The number of pyridine rings is 1. The molecule has 3 unspecified atom stereocenters. The van der Waals surface area contributed by atoms with Gasteiger partial charge in [0.15, 0.2) is 0 Å². The van der Waals surface area contributed by atoms with E-state index in [1.54, 1.807) is 4.90 Å². The highest BCUT2D eigenvalue weighted by atomic mass is 16.5. The first-order valence-corrected chi connectivity index (χ1v) is 14.6. The molecule has 4 atom stereocenters. The number of fused-ring (bicyclic) bond motifs is 2. The molecule has 0 bridgehead atoms. The number of rotatable bonds is 5. The van der Waals surface area contributed by atoms with Crippen LogP contribution >= 0.6 is 0 Å². The molecule has 0 saturated carbocycles. The number of anilines is 1. The third-order valence-electron chi connectivity index (χ3n) is 9.01. The van der Waals surface area contributed by atoms with Crippen molar-refractivity contribution in [2.45, 2.75) is 37.4 Å². The van der Waals surface area contributed by atoms with E-state index in [2.05, 4.69) is 62.4 Å². The van der Waals surface area contributed by atoms with Crippen LogP contribution in [0.4, 0.5) is 5.69 Å². The third kappa shape index (κ3) is 5.51. The normalized spacial score (nSPS) is 26.7. The molecule has 1 aromatic carbocycles. The molecule has 41 heavy (non-hydrogen) atoms. The molecule has 1 amide bonds. The fourth-order valence-electron chi connectivity index (χ4n) is 6.76. The van der Waals surface area contributed by atoms with Gasteiger partial charge >= 0.3 is 6.02 Å². The summed E-state index contributed by atoms with van der Waals surface area (Å²) < 4.78 is 6.31. The summed E-state index contributed by atoms with van der Waals surface area (Å²) in [6.07, 6.45) is 6.43. The number of piperidine rings is 1. The highest BCUT2D eigenvalue weighted by molar-refractivity contribution is 5.98. The second kappa shape index (κ2) is 11.9. The predicted molar refractivity (Wildman–Crippen MR) is 161 cm³/mol. The van der Waals surface area contributed by atoms with E-state index in [0.29, 0.717) is 38.3 Å². The van der Waals surface area contributed by atoms with E-state index in [9.17, 15) is 4.79 Å². The number of aliphatic imine (C=N–C) groups is 2. The summed E-state index contributed by atoms with van der Waals surface area (Å²) in [6, 6.07) is 11.0. The lowest BCUT2D eigenvalue weighted by atomic mass is 9.88. The van der Waals surface area contributed by atoms with Crippen LogP contribution in [0.1, 0.15) is 19.3 Å². The number of aromatic nitrogens is 1. The van der Waals surface area contributed by atoms with E-state index in [1.807, 2.05) is 12.3 Å². The number of amides is 1. The van der Waals surface area contributed by atoms with Gasteiger partial charge in [0.2, 0.25) is 12.5 Å². The van der Waals surface area contributed by atoms with E-state index >= 15 is 0 Å². The highest BCUT2D eigenvalue weighted by Gasteiger charge is 2.42. The second-order valence-corrected chi connectivity index (χ2v) is 11.4. The Bertz CT molecular complexity index is 1390. The molecule has 4 aliphatic rings. The van der Waals surface area contributed by atoms with Crippen LogP contribution in [0, 0.1) is 12.5 Å². The van der Waals surface area contributed by atoms with Crippen LogP contribution in [0.5, 0.6) is 0 Å². The lowest BCUT2D eigenvalue weighted by molar-refractivity contribution is -0.129. The molecule has 5 heterocycles. The zero-order valence-corrected chi connectivity index (χ0v) is 23.7. The lowest BCUT2D eigenvalue weighted by Crippen LogP contribution is -2.60. The number of ether oxygens (including phenoxy) is 1. The zero-order valence-electron chi connectivity index (χ0n) is 23.7. The van der Waals surface area contributed by atoms with Crippen molar-refractivity contribution in [1.29, 1.82) is 0 Å². The molecule has 10 nitrogen and oxygen atoms in total. The Labute approximate surface area is 241 Å². The number of piperazine rings is 1. The van der Waals surface area contributed by atoms with Crippen LogP contribution in [0.2, 0.25) is 0 Å². The lowest BCUT2D eigenvalue weighted by Gasteiger charge is -2.46. The molecule has 214 valence electrons. The molecule has 1 aromatic heterocycles. The molecule has 10 heteroatoms. The fourth-order valence-corrected chi connectivity index (χ4v) is 6.76. The number of nitrogens with zero attached hydrogens (tertiary/aromatic N) is 8. The number of carbonyl (C=O) groups is 1. The number of likely N-dealkylation sites (N-methyl/N-ethyl adjacent to an activating group) is 1. The second-order valence-electron chi connectivity index (χ2n) is 11.4. The van der Waals surface area contributed by atoms with Gasteiger partial charge in [-0.15, -0.1) is 0 Å².